The molecule has 8 nitrogen and oxygen atoms in total. The summed E-state index contributed by atoms with van der Waals surface area (Å²) in [7, 11) is 0. The zero-order valence-corrected chi connectivity index (χ0v) is 10.9. The number of carbonyl (C=O) groups excluding carboxylic acids is 2. The number of ether oxygens (including phenoxy) is 1. The largest absolute Gasteiger partial charge is 0.464 e. The number of hydrogen-bond acceptors (Lipinski definition) is 7. The molecule has 0 aromatic carbocycles. The van der Waals surface area contributed by atoms with Crippen LogP contribution >= 0.6 is 11.6 Å². The average Bonchev–Trinajstić information content (AvgIpc) is 2.32. The third-order valence-corrected chi connectivity index (χ3v) is 2.57. The summed E-state index contributed by atoms with van der Waals surface area (Å²) in [6.45, 7) is 2.17. The van der Waals surface area contributed by atoms with E-state index >= 15 is 0 Å². The molecule has 0 radical (unpaired) electrons. The molecule has 19 heavy (non-hydrogen) atoms. The number of piperidine rings is 1. The second kappa shape index (κ2) is 5.79. The predicted molar refractivity (Wildman–Crippen MR) is 65.8 cm³/mol. The molecule has 2 N–H and O–H groups in total. The molecule has 1 aromatic heterocycles. The van der Waals surface area contributed by atoms with Gasteiger partial charge in [-0.25, -0.2) is 0 Å². The number of imide groups is 1. The summed E-state index contributed by atoms with van der Waals surface area (Å²) in [5.41, 5.74) is 0. The molecule has 0 saturated carbocycles. The smallest absolute Gasteiger partial charge is 0.322 e. The fourth-order valence-corrected chi connectivity index (χ4v) is 1.73. The Kier molecular flexibility index (Phi) is 4.10. The summed E-state index contributed by atoms with van der Waals surface area (Å²) in [5.74, 6) is -0.560. The van der Waals surface area contributed by atoms with Crippen LogP contribution in [-0.4, -0.2) is 39.4 Å². The van der Waals surface area contributed by atoms with Crippen molar-refractivity contribution in [2.45, 2.75) is 25.8 Å². The van der Waals surface area contributed by atoms with Crippen molar-refractivity contribution in [3.8, 4) is 6.01 Å². The van der Waals surface area contributed by atoms with E-state index < -0.39 is 11.9 Å². The predicted octanol–water partition coefficient (Wildman–Crippen LogP) is 0.141. The van der Waals surface area contributed by atoms with E-state index in [-0.39, 0.29) is 29.6 Å². The second-order valence-electron chi connectivity index (χ2n) is 3.79. The lowest BCUT2D eigenvalue weighted by molar-refractivity contribution is -0.133. The van der Waals surface area contributed by atoms with Crippen molar-refractivity contribution in [3.63, 3.8) is 0 Å². The van der Waals surface area contributed by atoms with Gasteiger partial charge in [-0.3, -0.25) is 14.9 Å². The summed E-state index contributed by atoms with van der Waals surface area (Å²) in [5, 5.41) is 4.99. The summed E-state index contributed by atoms with van der Waals surface area (Å²) >= 11 is 5.73. The molecule has 1 aliphatic heterocycles. The van der Waals surface area contributed by atoms with Gasteiger partial charge in [-0.2, -0.15) is 15.0 Å². The lowest BCUT2D eigenvalue weighted by Gasteiger charge is -2.21. The SMILES string of the molecule is CCOc1nc(Cl)nc(NC2CCC(=O)NC2=O)n1. The molecule has 1 saturated heterocycles. The monoisotopic (exact) mass is 285 g/mol. The highest BCUT2D eigenvalue weighted by Crippen LogP contribution is 2.14. The number of nitrogens with one attached hydrogen (secondary N) is 2. The van der Waals surface area contributed by atoms with Gasteiger partial charge in [-0.15, -0.1) is 0 Å². The van der Waals surface area contributed by atoms with E-state index in [0.717, 1.165) is 0 Å². The second-order valence-corrected chi connectivity index (χ2v) is 4.13. The molecule has 9 heteroatoms. The van der Waals surface area contributed by atoms with Gasteiger partial charge in [-0.05, 0) is 24.9 Å². The van der Waals surface area contributed by atoms with Crippen LogP contribution in [0.1, 0.15) is 19.8 Å². The molecule has 0 bridgehead atoms. The molecule has 2 amide bonds. The van der Waals surface area contributed by atoms with Gasteiger partial charge in [0.2, 0.25) is 23.0 Å². The molecule has 2 rings (SSSR count). The molecule has 1 unspecified atom stereocenters. The van der Waals surface area contributed by atoms with Crippen molar-refractivity contribution in [2.24, 2.45) is 0 Å². The van der Waals surface area contributed by atoms with Crippen LogP contribution in [0, 0.1) is 0 Å². The Hall–Kier alpha value is -1.96. The summed E-state index contributed by atoms with van der Waals surface area (Å²) in [4.78, 5) is 34.2. The number of nitrogens with zero attached hydrogens (tertiary/aromatic N) is 3. The minimum absolute atomic E-state index is 0.0340. The van der Waals surface area contributed by atoms with E-state index in [4.69, 9.17) is 16.3 Å². The number of hydrogen-bond donors (Lipinski definition) is 2. The zero-order chi connectivity index (χ0) is 13.8. The molecule has 1 aromatic rings. The Labute approximate surface area is 113 Å². The molecule has 1 aliphatic rings. The van der Waals surface area contributed by atoms with Gasteiger partial charge in [0.05, 0.1) is 6.61 Å². The van der Waals surface area contributed by atoms with Gasteiger partial charge in [0.15, 0.2) is 0 Å². The molecule has 0 aliphatic carbocycles. The molecule has 1 fully saturated rings. The first-order valence-electron chi connectivity index (χ1n) is 5.73. The highest BCUT2D eigenvalue weighted by Gasteiger charge is 2.27. The Morgan fingerprint density at radius 2 is 2.21 bits per heavy atom. The van der Waals surface area contributed by atoms with E-state index in [2.05, 4.69) is 25.6 Å². The minimum Gasteiger partial charge on any atom is -0.464 e. The summed E-state index contributed by atoms with van der Waals surface area (Å²) < 4.78 is 5.12. The van der Waals surface area contributed by atoms with E-state index in [9.17, 15) is 9.59 Å². The van der Waals surface area contributed by atoms with Gasteiger partial charge < -0.3 is 10.1 Å². The zero-order valence-electron chi connectivity index (χ0n) is 10.1. The maximum absolute atomic E-state index is 11.6. The van der Waals surface area contributed by atoms with Crippen LogP contribution in [0.2, 0.25) is 5.28 Å². The summed E-state index contributed by atoms with van der Waals surface area (Å²) in [6.07, 6.45) is 0.637. The number of rotatable bonds is 4. The lowest BCUT2D eigenvalue weighted by atomic mass is 10.1. The number of aromatic nitrogens is 3. The molecule has 2 heterocycles. The van der Waals surface area contributed by atoms with Crippen LogP contribution in [0.15, 0.2) is 0 Å². The number of amides is 2. The van der Waals surface area contributed by atoms with Crippen molar-refractivity contribution in [3.05, 3.63) is 5.28 Å². The van der Waals surface area contributed by atoms with Crippen LogP contribution in [0.25, 0.3) is 0 Å². The fourth-order valence-electron chi connectivity index (χ4n) is 1.58. The van der Waals surface area contributed by atoms with Crippen molar-refractivity contribution in [1.29, 1.82) is 0 Å². The fraction of sp³-hybridized carbons (Fsp3) is 0.500. The van der Waals surface area contributed by atoms with Crippen LogP contribution < -0.4 is 15.4 Å². The Morgan fingerprint density at radius 3 is 2.89 bits per heavy atom. The van der Waals surface area contributed by atoms with Crippen LogP contribution in [0.4, 0.5) is 5.95 Å². The Morgan fingerprint density at radius 1 is 1.42 bits per heavy atom. The van der Waals surface area contributed by atoms with Crippen molar-refractivity contribution >= 4 is 29.4 Å². The number of carbonyl (C=O) groups is 2. The summed E-state index contributed by atoms with van der Waals surface area (Å²) in [6, 6.07) is -0.497. The first-order valence-corrected chi connectivity index (χ1v) is 6.11. The van der Waals surface area contributed by atoms with Gasteiger partial charge in [0.1, 0.15) is 6.04 Å². The van der Waals surface area contributed by atoms with E-state index in [1.165, 1.54) is 0 Å². The highest BCUT2D eigenvalue weighted by molar-refractivity contribution is 6.28. The van der Waals surface area contributed by atoms with Crippen molar-refractivity contribution in [1.82, 2.24) is 20.3 Å². The maximum Gasteiger partial charge on any atom is 0.322 e. The topological polar surface area (TPSA) is 106 Å². The molecular weight excluding hydrogens is 274 g/mol. The van der Waals surface area contributed by atoms with E-state index in [1.807, 2.05) is 0 Å². The minimum atomic E-state index is -0.578. The molecule has 102 valence electrons. The number of halogens is 1. The molecule has 1 atom stereocenters. The van der Waals surface area contributed by atoms with Gasteiger partial charge in [0, 0.05) is 6.42 Å². The lowest BCUT2D eigenvalue weighted by Crippen LogP contribution is -2.47. The Balaban J connectivity index is 2.10. The van der Waals surface area contributed by atoms with Gasteiger partial charge in [0.25, 0.3) is 0 Å². The van der Waals surface area contributed by atoms with E-state index in [0.29, 0.717) is 13.0 Å². The third kappa shape index (κ3) is 3.50. The van der Waals surface area contributed by atoms with Crippen LogP contribution in [0.5, 0.6) is 6.01 Å². The first kappa shape index (κ1) is 13.5. The quantitative estimate of drug-likeness (QED) is 0.758. The normalized spacial score (nSPS) is 18.9. The van der Waals surface area contributed by atoms with Gasteiger partial charge in [-0.1, -0.05) is 0 Å². The molecular formula is C10H12ClN5O3. The van der Waals surface area contributed by atoms with E-state index in [1.54, 1.807) is 6.92 Å². The standard InChI is InChI=1S/C10H12ClN5O3/c1-2-19-10-15-8(11)14-9(16-10)12-5-3-4-6(17)13-7(5)18/h5H,2-4H2,1H3,(H,13,17,18)(H,12,14,15,16). The first-order chi connectivity index (χ1) is 9.08. The maximum atomic E-state index is 11.6. The Bertz CT molecular complexity index is 510. The van der Waals surface area contributed by atoms with Gasteiger partial charge >= 0.3 is 6.01 Å². The number of anilines is 1. The average molecular weight is 286 g/mol. The molecule has 0 spiro atoms. The highest BCUT2D eigenvalue weighted by atomic mass is 35.5. The third-order valence-electron chi connectivity index (χ3n) is 2.40. The van der Waals surface area contributed by atoms with Crippen LogP contribution in [0.3, 0.4) is 0 Å². The van der Waals surface area contributed by atoms with Crippen LogP contribution in [-0.2, 0) is 9.59 Å². The van der Waals surface area contributed by atoms with Crippen molar-refractivity contribution < 1.29 is 14.3 Å². The van der Waals surface area contributed by atoms with Crippen molar-refractivity contribution in [2.75, 3.05) is 11.9 Å².